The number of thiocarbonyl (C=S) groups is 1. The molecule has 0 atom stereocenters. The average Bonchev–Trinajstić information content (AvgIpc) is 3.26. The van der Waals surface area contributed by atoms with Crippen molar-refractivity contribution in [3.63, 3.8) is 0 Å². The van der Waals surface area contributed by atoms with Crippen molar-refractivity contribution in [2.45, 2.75) is 6.92 Å². The molecule has 0 unspecified atom stereocenters. The fourth-order valence-corrected chi connectivity index (χ4v) is 4.75. The zero-order chi connectivity index (χ0) is 21.4. The Balaban J connectivity index is 1.61. The zero-order valence-corrected chi connectivity index (χ0v) is 18.8. The highest BCUT2D eigenvalue weighted by Crippen LogP contribution is 2.37. The van der Waals surface area contributed by atoms with Crippen LogP contribution in [0.4, 0.5) is 5.69 Å². The van der Waals surface area contributed by atoms with Crippen LogP contribution in [0.3, 0.4) is 0 Å². The number of carbonyl (C=O) groups excluding carboxylic acids is 1. The molecule has 8 heteroatoms. The smallest absolute Gasteiger partial charge is 0.335 e. The lowest BCUT2D eigenvalue weighted by Crippen LogP contribution is -2.27. The molecule has 1 aliphatic heterocycles. The summed E-state index contributed by atoms with van der Waals surface area (Å²) in [6.07, 6.45) is 1.67. The molecule has 4 rings (SSSR count). The third-order valence-corrected chi connectivity index (χ3v) is 6.29. The summed E-state index contributed by atoms with van der Waals surface area (Å²) in [5.74, 6) is -0.0695. The van der Waals surface area contributed by atoms with Crippen molar-refractivity contribution in [1.82, 2.24) is 0 Å². The number of hydrogen-bond acceptors (Lipinski definition) is 5. The zero-order valence-electron chi connectivity index (χ0n) is 15.6. The number of carboxylic acids is 1. The number of anilines is 1. The first-order valence-corrected chi connectivity index (χ1v) is 10.8. The molecule has 1 aromatic heterocycles. The van der Waals surface area contributed by atoms with Crippen LogP contribution in [-0.2, 0) is 4.79 Å². The second-order valence-corrected chi connectivity index (χ2v) is 9.13. The maximum Gasteiger partial charge on any atom is 0.335 e. The molecule has 0 bridgehead atoms. The molecule has 1 saturated heterocycles. The van der Waals surface area contributed by atoms with Crippen LogP contribution in [0.1, 0.15) is 21.7 Å². The van der Waals surface area contributed by atoms with Crippen molar-refractivity contribution in [1.29, 1.82) is 0 Å². The number of carbonyl (C=O) groups is 2. The van der Waals surface area contributed by atoms with E-state index in [0.29, 0.717) is 26.4 Å². The lowest BCUT2D eigenvalue weighted by Gasteiger charge is -2.14. The first kappa shape index (κ1) is 20.6. The van der Waals surface area contributed by atoms with Gasteiger partial charge in [-0.15, -0.1) is 0 Å². The number of furan rings is 1. The quantitative estimate of drug-likeness (QED) is 0.344. The minimum atomic E-state index is -0.975. The van der Waals surface area contributed by atoms with Gasteiger partial charge in [-0.25, -0.2) is 4.79 Å². The number of amides is 1. The van der Waals surface area contributed by atoms with E-state index in [1.807, 2.05) is 31.2 Å². The highest BCUT2D eigenvalue weighted by Gasteiger charge is 2.33. The Morgan fingerprint density at radius 1 is 1.20 bits per heavy atom. The molecule has 2 heterocycles. The molecule has 0 radical (unpaired) electrons. The van der Waals surface area contributed by atoms with E-state index in [1.54, 1.807) is 30.3 Å². The molecule has 1 amide bonds. The summed E-state index contributed by atoms with van der Waals surface area (Å²) in [4.78, 5) is 26.0. The summed E-state index contributed by atoms with van der Waals surface area (Å²) in [6, 6.07) is 15.8. The SMILES string of the molecule is Cc1cc(C(=O)O)ccc1-c1ccc(/C=C2\SC(=S)N(c3cccc(Br)c3)C2=O)o1. The van der Waals surface area contributed by atoms with E-state index in [9.17, 15) is 9.59 Å². The second-order valence-electron chi connectivity index (χ2n) is 6.53. The van der Waals surface area contributed by atoms with Crippen molar-refractivity contribution in [2.24, 2.45) is 0 Å². The number of nitrogens with zero attached hydrogens (tertiary/aromatic N) is 1. The molecule has 0 aliphatic carbocycles. The number of rotatable bonds is 4. The number of benzene rings is 2. The molecular formula is C22H14BrNO4S2. The van der Waals surface area contributed by atoms with Crippen molar-refractivity contribution in [3.05, 3.63) is 80.9 Å². The number of halogens is 1. The fraction of sp³-hybridized carbons (Fsp3) is 0.0455. The maximum atomic E-state index is 12.9. The number of thioether (sulfide) groups is 1. The van der Waals surface area contributed by atoms with Crippen LogP contribution in [-0.4, -0.2) is 21.3 Å². The summed E-state index contributed by atoms with van der Waals surface area (Å²) in [6.45, 7) is 1.83. The predicted octanol–water partition coefficient (Wildman–Crippen LogP) is 6.12. The molecular weight excluding hydrogens is 486 g/mol. The van der Waals surface area contributed by atoms with Gasteiger partial charge in [0.15, 0.2) is 4.32 Å². The summed E-state index contributed by atoms with van der Waals surface area (Å²) < 4.78 is 7.21. The Morgan fingerprint density at radius 3 is 2.70 bits per heavy atom. The van der Waals surface area contributed by atoms with Crippen LogP contribution >= 0.6 is 39.9 Å². The molecule has 2 aromatic carbocycles. The van der Waals surface area contributed by atoms with E-state index in [-0.39, 0.29) is 11.5 Å². The maximum absolute atomic E-state index is 12.9. The monoisotopic (exact) mass is 499 g/mol. The van der Waals surface area contributed by atoms with Crippen LogP contribution in [0, 0.1) is 6.92 Å². The molecule has 0 spiro atoms. The molecule has 3 aromatic rings. The van der Waals surface area contributed by atoms with Crippen LogP contribution in [0.2, 0.25) is 0 Å². The molecule has 1 fully saturated rings. The second kappa shape index (κ2) is 8.22. The van der Waals surface area contributed by atoms with Crippen molar-refractivity contribution in [2.75, 3.05) is 4.90 Å². The molecule has 1 N–H and O–H groups in total. The Labute approximate surface area is 190 Å². The van der Waals surface area contributed by atoms with Crippen LogP contribution < -0.4 is 4.90 Å². The van der Waals surface area contributed by atoms with Crippen molar-refractivity contribution < 1.29 is 19.1 Å². The van der Waals surface area contributed by atoms with E-state index in [0.717, 1.165) is 15.6 Å². The van der Waals surface area contributed by atoms with Crippen LogP contribution in [0.25, 0.3) is 17.4 Å². The van der Waals surface area contributed by atoms with Gasteiger partial charge in [0.1, 0.15) is 11.5 Å². The summed E-state index contributed by atoms with van der Waals surface area (Å²) in [5.41, 5.74) is 2.50. The lowest BCUT2D eigenvalue weighted by atomic mass is 10.0. The number of hydrogen-bond donors (Lipinski definition) is 1. The van der Waals surface area contributed by atoms with Gasteiger partial charge in [-0.2, -0.15) is 0 Å². The normalized spacial score (nSPS) is 15.3. The van der Waals surface area contributed by atoms with Gasteiger partial charge in [-0.1, -0.05) is 52.0 Å². The van der Waals surface area contributed by atoms with E-state index in [1.165, 1.54) is 22.7 Å². The van der Waals surface area contributed by atoms with Crippen molar-refractivity contribution in [3.8, 4) is 11.3 Å². The Kier molecular flexibility index (Phi) is 5.64. The summed E-state index contributed by atoms with van der Waals surface area (Å²) in [5, 5.41) is 9.12. The minimum Gasteiger partial charge on any atom is -0.478 e. The number of aromatic carboxylic acids is 1. The van der Waals surface area contributed by atoms with E-state index in [2.05, 4.69) is 15.9 Å². The fourth-order valence-electron chi connectivity index (χ4n) is 3.08. The Bertz CT molecular complexity index is 1230. The number of carboxylic acid groups (broad SMARTS) is 1. The van der Waals surface area contributed by atoms with E-state index >= 15 is 0 Å². The van der Waals surface area contributed by atoms with Crippen molar-refractivity contribution >= 4 is 67.9 Å². The van der Waals surface area contributed by atoms with Gasteiger partial charge in [-0.3, -0.25) is 9.69 Å². The summed E-state index contributed by atoms with van der Waals surface area (Å²) in [7, 11) is 0. The topological polar surface area (TPSA) is 70.8 Å². The highest BCUT2D eigenvalue weighted by molar-refractivity contribution is 9.10. The van der Waals surface area contributed by atoms with E-state index < -0.39 is 5.97 Å². The lowest BCUT2D eigenvalue weighted by molar-refractivity contribution is -0.113. The first-order chi connectivity index (χ1) is 14.3. The summed E-state index contributed by atoms with van der Waals surface area (Å²) >= 11 is 10.0. The third kappa shape index (κ3) is 3.98. The van der Waals surface area contributed by atoms with Gasteiger partial charge in [0.05, 0.1) is 16.2 Å². The third-order valence-electron chi connectivity index (χ3n) is 4.50. The number of aryl methyl sites for hydroxylation is 1. The van der Waals surface area contributed by atoms with E-state index in [4.69, 9.17) is 21.7 Å². The molecule has 5 nitrogen and oxygen atoms in total. The van der Waals surface area contributed by atoms with Gasteiger partial charge in [0.2, 0.25) is 0 Å². The molecule has 0 saturated carbocycles. The Hall–Kier alpha value is -2.68. The first-order valence-electron chi connectivity index (χ1n) is 8.81. The molecule has 1 aliphatic rings. The van der Waals surface area contributed by atoms with Gasteiger partial charge in [0.25, 0.3) is 5.91 Å². The van der Waals surface area contributed by atoms with Crippen LogP contribution in [0.5, 0.6) is 0 Å². The van der Waals surface area contributed by atoms with Gasteiger partial charge in [0, 0.05) is 16.1 Å². The van der Waals surface area contributed by atoms with Gasteiger partial charge in [-0.05, 0) is 55.0 Å². The van der Waals surface area contributed by atoms with Gasteiger partial charge < -0.3 is 9.52 Å². The largest absolute Gasteiger partial charge is 0.478 e. The molecule has 30 heavy (non-hydrogen) atoms. The minimum absolute atomic E-state index is 0.206. The Morgan fingerprint density at radius 2 is 2.00 bits per heavy atom. The standard InChI is InChI=1S/C22H14BrNO4S2/c1-12-9-13(21(26)27)5-7-17(12)18-8-6-16(28-18)11-19-20(25)24(22(29)30-19)15-4-2-3-14(23)10-15/h2-11H,1H3,(H,26,27)/b19-11-. The van der Waals surface area contributed by atoms with Gasteiger partial charge >= 0.3 is 5.97 Å². The highest BCUT2D eigenvalue weighted by atomic mass is 79.9. The van der Waals surface area contributed by atoms with Crippen LogP contribution in [0.15, 0.2) is 68.4 Å². The predicted molar refractivity (Wildman–Crippen MR) is 126 cm³/mol. The average molecular weight is 500 g/mol. The molecule has 150 valence electrons.